The lowest BCUT2D eigenvalue weighted by atomic mass is 10.2. The Kier molecular flexibility index (Phi) is 5.43. The SMILES string of the molecule is CC(=O)N[C@@H](C)COc1ccc(-n2cc3ccc(OCC4CC4)cc3n2)cc1C. The summed E-state index contributed by atoms with van der Waals surface area (Å²) < 4.78 is 13.6. The maximum Gasteiger partial charge on any atom is 0.217 e. The molecule has 1 N–H and O–H groups in total. The Bertz CT molecular complexity index is 1020. The predicted octanol–water partition coefficient (Wildman–Crippen LogP) is 4.03. The van der Waals surface area contributed by atoms with E-state index in [4.69, 9.17) is 14.6 Å². The molecule has 4 rings (SSSR count). The molecule has 152 valence electrons. The minimum atomic E-state index is -0.0555. The second-order valence-electron chi connectivity index (χ2n) is 7.91. The lowest BCUT2D eigenvalue weighted by Gasteiger charge is -2.15. The Labute approximate surface area is 170 Å². The van der Waals surface area contributed by atoms with Crippen LogP contribution in [-0.4, -0.2) is 34.9 Å². The molecule has 1 fully saturated rings. The first-order chi connectivity index (χ1) is 14.0. The summed E-state index contributed by atoms with van der Waals surface area (Å²) in [5, 5.41) is 8.61. The van der Waals surface area contributed by atoms with Gasteiger partial charge in [-0.25, -0.2) is 4.68 Å². The first-order valence-corrected chi connectivity index (χ1v) is 10.1. The number of carbonyl (C=O) groups excluding carboxylic acids is 1. The summed E-state index contributed by atoms with van der Waals surface area (Å²) in [4.78, 5) is 11.1. The molecule has 1 aromatic heterocycles. The molecular formula is C23H27N3O3. The molecule has 0 spiro atoms. The van der Waals surface area contributed by atoms with Gasteiger partial charge in [0.1, 0.15) is 18.1 Å². The molecule has 0 radical (unpaired) electrons. The van der Waals surface area contributed by atoms with Crippen molar-refractivity contribution in [2.75, 3.05) is 13.2 Å². The number of aromatic nitrogens is 2. The molecule has 2 aromatic carbocycles. The van der Waals surface area contributed by atoms with Gasteiger partial charge in [-0.15, -0.1) is 0 Å². The lowest BCUT2D eigenvalue weighted by molar-refractivity contribution is -0.119. The molecule has 3 aromatic rings. The lowest BCUT2D eigenvalue weighted by Crippen LogP contribution is -2.35. The average molecular weight is 393 g/mol. The molecule has 0 aliphatic heterocycles. The van der Waals surface area contributed by atoms with E-state index in [2.05, 4.69) is 17.4 Å². The second kappa shape index (κ2) is 8.15. The fraction of sp³-hybridized carbons (Fsp3) is 0.391. The molecule has 6 nitrogen and oxygen atoms in total. The molecule has 1 aliphatic rings. The first-order valence-electron chi connectivity index (χ1n) is 10.1. The van der Waals surface area contributed by atoms with Gasteiger partial charge in [-0.2, -0.15) is 5.10 Å². The number of nitrogens with one attached hydrogen (secondary N) is 1. The van der Waals surface area contributed by atoms with Crippen LogP contribution >= 0.6 is 0 Å². The van der Waals surface area contributed by atoms with Crippen LogP contribution in [0.3, 0.4) is 0 Å². The zero-order chi connectivity index (χ0) is 20.4. The molecule has 0 bridgehead atoms. The number of carbonyl (C=O) groups is 1. The van der Waals surface area contributed by atoms with Crippen molar-refractivity contribution in [1.82, 2.24) is 15.1 Å². The average Bonchev–Trinajstić information content (AvgIpc) is 3.41. The number of hydrogen-bond acceptors (Lipinski definition) is 4. The van der Waals surface area contributed by atoms with Gasteiger partial charge in [0.2, 0.25) is 5.91 Å². The zero-order valence-electron chi connectivity index (χ0n) is 17.1. The Morgan fingerprint density at radius 1 is 1.24 bits per heavy atom. The van der Waals surface area contributed by atoms with E-state index in [1.54, 1.807) is 0 Å². The molecule has 1 saturated carbocycles. The van der Waals surface area contributed by atoms with Gasteiger partial charge in [-0.05, 0) is 68.5 Å². The smallest absolute Gasteiger partial charge is 0.217 e. The number of nitrogens with zero attached hydrogens (tertiary/aromatic N) is 2. The summed E-state index contributed by atoms with van der Waals surface area (Å²) in [5.74, 6) is 2.36. The highest BCUT2D eigenvalue weighted by atomic mass is 16.5. The van der Waals surface area contributed by atoms with Crippen LogP contribution in [0.25, 0.3) is 16.6 Å². The van der Waals surface area contributed by atoms with Gasteiger partial charge in [0.25, 0.3) is 0 Å². The van der Waals surface area contributed by atoms with Crippen molar-refractivity contribution < 1.29 is 14.3 Å². The van der Waals surface area contributed by atoms with Gasteiger partial charge < -0.3 is 14.8 Å². The minimum absolute atomic E-state index is 0.0423. The summed E-state index contributed by atoms with van der Waals surface area (Å²) >= 11 is 0. The normalized spacial score (nSPS) is 14.6. The number of ether oxygens (including phenoxy) is 2. The van der Waals surface area contributed by atoms with Crippen LogP contribution in [0.4, 0.5) is 0 Å². The zero-order valence-corrected chi connectivity index (χ0v) is 17.1. The van der Waals surface area contributed by atoms with Crippen LogP contribution in [0.5, 0.6) is 11.5 Å². The molecule has 1 aliphatic carbocycles. The summed E-state index contributed by atoms with van der Waals surface area (Å²) in [6, 6.07) is 12.0. The van der Waals surface area contributed by atoms with Gasteiger partial charge in [-0.1, -0.05) is 0 Å². The maximum atomic E-state index is 11.1. The van der Waals surface area contributed by atoms with Crippen molar-refractivity contribution in [3.63, 3.8) is 0 Å². The number of rotatable bonds is 8. The third-order valence-corrected chi connectivity index (χ3v) is 5.02. The summed E-state index contributed by atoms with van der Waals surface area (Å²) in [5.41, 5.74) is 2.91. The highest BCUT2D eigenvalue weighted by Crippen LogP contribution is 2.30. The molecule has 29 heavy (non-hydrogen) atoms. The van der Waals surface area contributed by atoms with Gasteiger partial charge in [0, 0.05) is 24.6 Å². The van der Waals surface area contributed by atoms with Crippen LogP contribution in [0, 0.1) is 12.8 Å². The Morgan fingerprint density at radius 2 is 2.07 bits per heavy atom. The highest BCUT2D eigenvalue weighted by Gasteiger charge is 2.22. The third-order valence-electron chi connectivity index (χ3n) is 5.02. The topological polar surface area (TPSA) is 65.4 Å². The van der Waals surface area contributed by atoms with Crippen molar-refractivity contribution in [2.24, 2.45) is 5.92 Å². The van der Waals surface area contributed by atoms with Crippen molar-refractivity contribution in [2.45, 2.75) is 39.7 Å². The molecule has 1 atom stereocenters. The molecular weight excluding hydrogens is 366 g/mol. The number of amides is 1. The standard InChI is InChI=1S/C23H27N3O3/c1-15-10-20(7-9-23(15)29-13-16(2)24-17(3)27)26-12-19-6-8-21(11-22(19)25-26)28-14-18-4-5-18/h6-12,16,18H,4-5,13-14H2,1-3H3,(H,24,27)/t16-/m0/s1. The number of aryl methyl sites for hydroxylation is 1. The van der Waals surface area contributed by atoms with E-state index in [0.717, 1.165) is 46.2 Å². The molecule has 1 amide bonds. The minimum Gasteiger partial charge on any atom is -0.493 e. The van der Waals surface area contributed by atoms with Gasteiger partial charge in [0.15, 0.2) is 0 Å². The van der Waals surface area contributed by atoms with E-state index < -0.39 is 0 Å². The van der Waals surface area contributed by atoms with Crippen molar-refractivity contribution in [1.29, 1.82) is 0 Å². The summed E-state index contributed by atoms with van der Waals surface area (Å²) in [6.07, 6.45) is 4.58. The van der Waals surface area contributed by atoms with Gasteiger partial charge >= 0.3 is 0 Å². The summed E-state index contributed by atoms with van der Waals surface area (Å²) in [6.45, 7) is 6.66. The van der Waals surface area contributed by atoms with Crippen LogP contribution in [-0.2, 0) is 4.79 Å². The van der Waals surface area contributed by atoms with E-state index in [-0.39, 0.29) is 11.9 Å². The quantitative estimate of drug-likeness (QED) is 0.628. The highest BCUT2D eigenvalue weighted by molar-refractivity contribution is 5.80. The van der Waals surface area contributed by atoms with Crippen LogP contribution in [0.1, 0.15) is 32.3 Å². The fourth-order valence-electron chi connectivity index (χ4n) is 3.26. The second-order valence-corrected chi connectivity index (χ2v) is 7.91. The third kappa shape index (κ3) is 4.88. The molecule has 0 unspecified atom stereocenters. The van der Waals surface area contributed by atoms with Gasteiger partial charge in [0.05, 0.1) is 23.9 Å². The van der Waals surface area contributed by atoms with Crippen LogP contribution in [0.15, 0.2) is 42.6 Å². The molecule has 0 saturated heterocycles. The van der Waals surface area contributed by atoms with Crippen LogP contribution in [0.2, 0.25) is 0 Å². The van der Waals surface area contributed by atoms with E-state index in [0.29, 0.717) is 6.61 Å². The maximum absolute atomic E-state index is 11.1. The Morgan fingerprint density at radius 3 is 2.79 bits per heavy atom. The number of fused-ring (bicyclic) bond motifs is 1. The van der Waals surface area contributed by atoms with Crippen LogP contribution < -0.4 is 14.8 Å². The molecule has 1 heterocycles. The van der Waals surface area contributed by atoms with E-state index in [9.17, 15) is 4.79 Å². The van der Waals surface area contributed by atoms with Gasteiger partial charge in [-0.3, -0.25) is 4.79 Å². The predicted molar refractivity (Wildman–Crippen MR) is 113 cm³/mol. The van der Waals surface area contributed by atoms with Crippen molar-refractivity contribution >= 4 is 16.8 Å². The largest absolute Gasteiger partial charge is 0.493 e. The number of hydrogen-bond donors (Lipinski definition) is 1. The van der Waals surface area contributed by atoms with Crippen molar-refractivity contribution in [3.8, 4) is 17.2 Å². The Balaban J connectivity index is 1.46. The van der Waals surface area contributed by atoms with E-state index in [1.165, 1.54) is 19.8 Å². The summed E-state index contributed by atoms with van der Waals surface area (Å²) in [7, 11) is 0. The monoisotopic (exact) mass is 393 g/mol. The first kappa shape index (κ1) is 19.3. The number of benzene rings is 2. The Hall–Kier alpha value is -3.02. The van der Waals surface area contributed by atoms with E-state index >= 15 is 0 Å². The fourth-order valence-corrected chi connectivity index (χ4v) is 3.26. The van der Waals surface area contributed by atoms with E-state index in [1.807, 2.05) is 49.0 Å². The molecule has 6 heteroatoms. The van der Waals surface area contributed by atoms with Crippen molar-refractivity contribution in [3.05, 3.63) is 48.2 Å².